The second-order valence-corrected chi connectivity index (χ2v) is 4.54. The highest BCUT2D eigenvalue weighted by Gasteiger charge is 2.24. The van der Waals surface area contributed by atoms with Crippen LogP contribution in [0.1, 0.15) is 41.0 Å². The first-order valence-corrected chi connectivity index (χ1v) is 5.16. The molecule has 1 unspecified atom stereocenters. The van der Waals surface area contributed by atoms with E-state index in [1.807, 2.05) is 34.6 Å². The van der Waals surface area contributed by atoms with E-state index in [9.17, 15) is 4.79 Å². The zero-order chi connectivity index (χ0) is 11.2. The Balaban J connectivity index is 3.72. The van der Waals surface area contributed by atoms with E-state index >= 15 is 0 Å². The first-order valence-electron chi connectivity index (χ1n) is 5.16. The Bertz CT molecular complexity index is 170. The summed E-state index contributed by atoms with van der Waals surface area (Å²) in [7, 11) is 0. The molecule has 14 heavy (non-hydrogen) atoms. The molecule has 0 spiro atoms. The van der Waals surface area contributed by atoms with Crippen LogP contribution in [-0.2, 0) is 14.3 Å². The van der Waals surface area contributed by atoms with Crippen molar-refractivity contribution < 1.29 is 14.3 Å². The van der Waals surface area contributed by atoms with Crippen LogP contribution in [-0.4, -0.2) is 25.3 Å². The minimum Gasteiger partial charge on any atom is -0.460 e. The average Bonchev–Trinajstić information content (AvgIpc) is 2.03. The molecule has 0 bridgehead atoms. The van der Waals surface area contributed by atoms with Crippen molar-refractivity contribution in [2.24, 2.45) is 5.41 Å². The molecule has 0 aromatic rings. The Morgan fingerprint density at radius 3 is 2.36 bits per heavy atom. The molecule has 3 nitrogen and oxygen atoms in total. The summed E-state index contributed by atoms with van der Waals surface area (Å²) in [5, 5.41) is 0. The molecule has 0 aromatic heterocycles. The highest BCUT2D eigenvalue weighted by molar-refractivity contribution is 5.75. The van der Waals surface area contributed by atoms with Gasteiger partial charge in [-0.25, -0.2) is 0 Å². The van der Waals surface area contributed by atoms with Gasteiger partial charge < -0.3 is 9.47 Å². The molecule has 0 saturated carbocycles. The van der Waals surface area contributed by atoms with Crippen molar-refractivity contribution in [2.45, 2.75) is 47.1 Å². The van der Waals surface area contributed by atoms with Crippen LogP contribution in [0.4, 0.5) is 0 Å². The molecule has 1 atom stereocenters. The van der Waals surface area contributed by atoms with Crippen molar-refractivity contribution in [3.8, 4) is 0 Å². The molecule has 0 fully saturated rings. The number of hydrogen-bond donors (Lipinski definition) is 0. The van der Waals surface area contributed by atoms with E-state index in [1.165, 1.54) is 0 Å². The number of carbonyl (C=O) groups excluding carboxylic acids is 1. The van der Waals surface area contributed by atoms with Crippen molar-refractivity contribution in [1.82, 2.24) is 0 Å². The third-order valence-corrected chi connectivity index (χ3v) is 1.62. The monoisotopic (exact) mass is 202 g/mol. The van der Waals surface area contributed by atoms with E-state index in [0.717, 1.165) is 13.0 Å². The largest absolute Gasteiger partial charge is 0.460 e. The zero-order valence-corrected chi connectivity index (χ0v) is 9.92. The van der Waals surface area contributed by atoms with E-state index in [-0.39, 0.29) is 12.1 Å². The average molecular weight is 202 g/mol. The maximum Gasteiger partial charge on any atom is 0.311 e. The van der Waals surface area contributed by atoms with Crippen LogP contribution in [0, 0.1) is 5.41 Å². The molecule has 0 aromatic carbocycles. The minimum atomic E-state index is -0.432. The van der Waals surface area contributed by atoms with Gasteiger partial charge in [-0.15, -0.1) is 0 Å². The predicted molar refractivity (Wildman–Crippen MR) is 56.1 cm³/mol. The van der Waals surface area contributed by atoms with Gasteiger partial charge in [0.25, 0.3) is 0 Å². The van der Waals surface area contributed by atoms with Crippen molar-refractivity contribution in [2.75, 3.05) is 13.2 Å². The fourth-order valence-corrected chi connectivity index (χ4v) is 0.787. The van der Waals surface area contributed by atoms with E-state index < -0.39 is 5.41 Å². The van der Waals surface area contributed by atoms with Crippen molar-refractivity contribution in [1.29, 1.82) is 0 Å². The Morgan fingerprint density at radius 2 is 1.93 bits per heavy atom. The molecular weight excluding hydrogens is 180 g/mol. The number of carbonyl (C=O) groups is 1. The first-order chi connectivity index (χ1) is 6.38. The maximum absolute atomic E-state index is 11.4. The van der Waals surface area contributed by atoms with Gasteiger partial charge in [0, 0.05) is 6.61 Å². The lowest BCUT2D eigenvalue weighted by Crippen LogP contribution is -2.29. The van der Waals surface area contributed by atoms with Crippen molar-refractivity contribution in [3.05, 3.63) is 0 Å². The Kier molecular flexibility index (Phi) is 5.77. The molecule has 0 aliphatic rings. The van der Waals surface area contributed by atoms with Crippen LogP contribution < -0.4 is 0 Å². The number of esters is 1. The van der Waals surface area contributed by atoms with Gasteiger partial charge in [0.15, 0.2) is 0 Å². The molecule has 0 saturated heterocycles. The summed E-state index contributed by atoms with van der Waals surface area (Å²) in [6.45, 7) is 10.6. The molecule has 0 N–H and O–H groups in total. The van der Waals surface area contributed by atoms with E-state index in [2.05, 4.69) is 0 Å². The molecular formula is C11H22O3. The number of ether oxygens (including phenoxy) is 2. The summed E-state index contributed by atoms with van der Waals surface area (Å²) in [4.78, 5) is 11.4. The van der Waals surface area contributed by atoms with Crippen LogP contribution in [0.5, 0.6) is 0 Å². The fraction of sp³-hybridized carbons (Fsp3) is 0.909. The highest BCUT2D eigenvalue weighted by Crippen LogP contribution is 2.16. The highest BCUT2D eigenvalue weighted by atomic mass is 16.6. The Morgan fingerprint density at radius 1 is 1.36 bits per heavy atom. The van der Waals surface area contributed by atoms with Crippen LogP contribution in [0.2, 0.25) is 0 Å². The molecule has 0 rings (SSSR count). The van der Waals surface area contributed by atoms with Gasteiger partial charge in [-0.1, -0.05) is 6.92 Å². The molecule has 0 aliphatic heterocycles. The summed E-state index contributed by atoms with van der Waals surface area (Å²) < 4.78 is 10.5. The van der Waals surface area contributed by atoms with Crippen LogP contribution in [0.3, 0.4) is 0 Å². The number of rotatable bonds is 5. The third-order valence-electron chi connectivity index (χ3n) is 1.62. The number of hydrogen-bond acceptors (Lipinski definition) is 3. The lowest BCUT2D eigenvalue weighted by atomic mass is 9.97. The second kappa shape index (κ2) is 6.02. The third kappa shape index (κ3) is 5.97. The molecule has 84 valence electrons. The van der Waals surface area contributed by atoms with Gasteiger partial charge in [0.1, 0.15) is 6.10 Å². The molecule has 0 aliphatic carbocycles. The standard InChI is InChI=1S/C11H22O3/c1-6-7-13-8-9(2)14-10(12)11(3,4)5/h9H,6-8H2,1-5H3. The van der Waals surface area contributed by atoms with Gasteiger partial charge in [0.05, 0.1) is 12.0 Å². The summed E-state index contributed by atoms with van der Waals surface area (Å²) in [6.07, 6.45) is 0.827. The molecule has 0 amide bonds. The van der Waals surface area contributed by atoms with Crippen LogP contribution >= 0.6 is 0 Å². The van der Waals surface area contributed by atoms with Gasteiger partial charge in [-0.05, 0) is 34.1 Å². The predicted octanol–water partition coefficient (Wildman–Crippen LogP) is 2.39. The molecule has 0 radical (unpaired) electrons. The smallest absolute Gasteiger partial charge is 0.311 e. The summed E-state index contributed by atoms with van der Waals surface area (Å²) in [5.74, 6) is -0.176. The van der Waals surface area contributed by atoms with Gasteiger partial charge in [-0.3, -0.25) is 4.79 Å². The maximum atomic E-state index is 11.4. The minimum absolute atomic E-state index is 0.159. The van der Waals surface area contributed by atoms with Gasteiger partial charge in [-0.2, -0.15) is 0 Å². The van der Waals surface area contributed by atoms with Crippen molar-refractivity contribution in [3.63, 3.8) is 0 Å². The summed E-state index contributed by atoms with van der Waals surface area (Å²) in [5.41, 5.74) is -0.432. The Labute approximate surface area is 86.8 Å². The lowest BCUT2D eigenvalue weighted by molar-refractivity contribution is -0.160. The van der Waals surface area contributed by atoms with E-state index in [0.29, 0.717) is 6.61 Å². The Hall–Kier alpha value is -0.570. The van der Waals surface area contributed by atoms with E-state index in [1.54, 1.807) is 0 Å². The fourth-order valence-electron chi connectivity index (χ4n) is 0.787. The molecule has 0 heterocycles. The SMILES string of the molecule is CCCOCC(C)OC(=O)C(C)(C)C. The lowest BCUT2D eigenvalue weighted by Gasteiger charge is -2.20. The first kappa shape index (κ1) is 13.4. The van der Waals surface area contributed by atoms with Gasteiger partial charge >= 0.3 is 5.97 Å². The zero-order valence-electron chi connectivity index (χ0n) is 9.92. The topological polar surface area (TPSA) is 35.5 Å². The summed E-state index contributed by atoms with van der Waals surface area (Å²) in [6, 6.07) is 0. The molecule has 3 heteroatoms. The van der Waals surface area contributed by atoms with Crippen LogP contribution in [0.15, 0.2) is 0 Å². The normalized spacial score (nSPS) is 13.8. The summed E-state index contributed by atoms with van der Waals surface area (Å²) >= 11 is 0. The van der Waals surface area contributed by atoms with Crippen molar-refractivity contribution >= 4 is 5.97 Å². The van der Waals surface area contributed by atoms with Gasteiger partial charge in [0.2, 0.25) is 0 Å². The quantitative estimate of drug-likeness (QED) is 0.507. The second-order valence-electron chi connectivity index (χ2n) is 4.54. The van der Waals surface area contributed by atoms with Crippen LogP contribution in [0.25, 0.3) is 0 Å². The van der Waals surface area contributed by atoms with E-state index in [4.69, 9.17) is 9.47 Å².